The number of anilines is 1. The first-order valence-corrected chi connectivity index (χ1v) is 5.34. The summed E-state index contributed by atoms with van der Waals surface area (Å²) < 4.78 is 31.6. The van der Waals surface area contributed by atoms with Crippen LogP contribution in [0.2, 0.25) is 0 Å². The third-order valence-electron chi connectivity index (χ3n) is 2.71. The van der Waals surface area contributed by atoms with Gasteiger partial charge in [-0.1, -0.05) is 0 Å². The molecule has 2 rings (SSSR count). The summed E-state index contributed by atoms with van der Waals surface area (Å²) >= 11 is 0. The molecule has 1 aliphatic heterocycles. The molecule has 1 aromatic rings. The van der Waals surface area contributed by atoms with E-state index < -0.39 is 11.6 Å². The summed E-state index contributed by atoms with van der Waals surface area (Å²) in [6.07, 6.45) is 0. The second-order valence-electron chi connectivity index (χ2n) is 3.81. The number of hydrogen-bond donors (Lipinski definition) is 1. The maximum atomic E-state index is 13.2. The summed E-state index contributed by atoms with van der Waals surface area (Å²) in [7, 11) is 0. The zero-order valence-electron chi connectivity index (χ0n) is 9.29. The fourth-order valence-electron chi connectivity index (χ4n) is 1.88. The summed E-state index contributed by atoms with van der Waals surface area (Å²) in [5.41, 5.74) is 1.14. The van der Waals surface area contributed by atoms with Crippen LogP contribution < -0.4 is 10.8 Å². The zero-order valence-corrected chi connectivity index (χ0v) is 9.29. The minimum atomic E-state index is -0.894. The van der Waals surface area contributed by atoms with Gasteiger partial charge in [0.15, 0.2) is 11.6 Å². The van der Waals surface area contributed by atoms with Crippen LogP contribution in [-0.2, 0) is 16.2 Å². The van der Waals surface area contributed by atoms with E-state index in [1.54, 1.807) is 0 Å². The van der Waals surface area contributed by atoms with Crippen molar-refractivity contribution in [2.24, 2.45) is 5.90 Å². The molecule has 0 bridgehead atoms. The molecule has 1 fully saturated rings. The normalized spacial score (nSPS) is 16.3. The van der Waals surface area contributed by atoms with Gasteiger partial charge in [0.25, 0.3) is 0 Å². The van der Waals surface area contributed by atoms with Crippen LogP contribution in [0.15, 0.2) is 12.1 Å². The standard InChI is InChI=1S/C11H14F2N2O2/c12-9-5-8(7-17-14)11(6-10(9)13)15-1-3-16-4-2-15/h5-6H,1-4,7,14H2. The Morgan fingerprint density at radius 2 is 1.88 bits per heavy atom. The molecule has 1 saturated heterocycles. The molecule has 1 aromatic carbocycles. The Kier molecular flexibility index (Phi) is 3.88. The van der Waals surface area contributed by atoms with Gasteiger partial charge in [-0.25, -0.2) is 14.7 Å². The molecule has 0 aromatic heterocycles. The van der Waals surface area contributed by atoms with Crippen molar-refractivity contribution in [2.45, 2.75) is 6.61 Å². The van der Waals surface area contributed by atoms with Gasteiger partial charge < -0.3 is 9.64 Å². The average molecular weight is 244 g/mol. The predicted octanol–water partition coefficient (Wildman–Crippen LogP) is 1.19. The molecule has 2 N–H and O–H groups in total. The van der Waals surface area contributed by atoms with E-state index in [1.165, 1.54) is 6.07 Å². The molecule has 0 aliphatic carbocycles. The quantitative estimate of drug-likeness (QED) is 0.811. The van der Waals surface area contributed by atoms with Crippen molar-refractivity contribution in [1.29, 1.82) is 0 Å². The van der Waals surface area contributed by atoms with Crippen molar-refractivity contribution in [3.8, 4) is 0 Å². The highest BCUT2D eigenvalue weighted by atomic mass is 19.2. The molecule has 0 unspecified atom stereocenters. The van der Waals surface area contributed by atoms with Gasteiger partial charge >= 0.3 is 0 Å². The lowest BCUT2D eigenvalue weighted by Gasteiger charge is -2.30. The Hall–Kier alpha value is -1.24. The van der Waals surface area contributed by atoms with Crippen molar-refractivity contribution in [3.05, 3.63) is 29.3 Å². The lowest BCUT2D eigenvalue weighted by atomic mass is 10.1. The molecule has 94 valence electrons. The molecular formula is C11H14F2N2O2. The van der Waals surface area contributed by atoms with E-state index in [4.69, 9.17) is 10.6 Å². The first-order valence-electron chi connectivity index (χ1n) is 5.34. The van der Waals surface area contributed by atoms with Crippen LogP contribution >= 0.6 is 0 Å². The van der Waals surface area contributed by atoms with Gasteiger partial charge in [-0.2, -0.15) is 0 Å². The summed E-state index contributed by atoms with van der Waals surface area (Å²) in [5, 5.41) is 0. The van der Waals surface area contributed by atoms with Crippen LogP contribution in [0.5, 0.6) is 0 Å². The SMILES string of the molecule is NOCc1cc(F)c(F)cc1N1CCOCC1. The van der Waals surface area contributed by atoms with Crippen LogP contribution in [-0.4, -0.2) is 26.3 Å². The number of ether oxygens (including phenoxy) is 1. The van der Waals surface area contributed by atoms with Crippen molar-refractivity contribution in [2.75, 3.05) is 31.2 Å². The van der Waals surface area contributed by atoms with Crippen molar-refractivity contribution in [1.82, 2.24) is 0 Å². The first kappa shape index (κ1) is 12.2. The van der Waals surface area contributed by atoms with Gasteiger partial charge in [0.05, 0.1) is 19.8 Å². The molecule has 4 nitrogen and oxygen atoms in total. The van der Waals surface area contributed by atoms with Crippen LogP contribution in [0, 0.1) is 11.6 Å². The Bertz CT molecular complexity index is 395. The Morgan fingerprint density at radius 3 is 2.53 bits per heavy atom. The first-order chi connectivity index (χ1) is 8.22. The number of halogens is 2. The van der Waals surface area contributed by atoms with E-state index >= 15 is 0 Å². The van der Waals surface area contributed by atoms with Crippen molar-refractivity contribution in [3.63, 3.8) is 0 Å². The number of nitrogens with two attached hydrogens (primary N) is 1. The van der Waals surface area contributed by atoms with Gasteiger partial charge in [0.2, 0.25) is 0 Å². The Morgan fingerprint density at radius 1 is 1.24 bits per heavy atom. The van der Waals surface area contributed by atoms with Crippen LogP contribution in [0.1, 0.15) is 5.56 Å². The number of hydrogen-bond acceptors (Lipinski definition) is 4. The average Bonchev–Trinajstić information content (AvgIpc) is 2.35. The van der Waals surface area contributed by atoms with E-state index in [2.05, 4.69) is 4.84 Å². The van der Waals surface area contributed by atoms with Gasteiger partial charge in [0.1, 0.15) is 0 Å². The molecule has 0 amide bonds. The molecule has 0 saturated carbocycles. The fraction of sp³-hybridized carbons (Fsp3) is 0.455. The molecule has 1 aliphatic rings. The summed E-state index contributed by atoms with van der Waals surface area (Å²) in [5.74, 6) is 3.23. The minimum Gasteiger partial charge on any atom is -0.378 e. The molecule has 0 spiro atoms. The maximum absolute atomic E-state index is 13.2. The monoisotopic (exact) mass is 244 g/mol. The molecule has 1 heterocycles. The van der Waals surface area contributed by atoms with Crippen LogP contribution in [0.25, 0.3) is 0 Å². The fourth-order valence-corrected chi connectivity index (χ4v) is 1.88. The number of morpholine rings is 1. The molecular weight excluding hydrogens is 230 g/mol. The zero-order chi connectivity index (χ0) is 12.3. The number of nitrogens with zero attached hydrogens (tertiary/aromatic N) is 1. The minimum absolute atomic E-state index is 0.0455. The van der Waals surface area contributed by atoms with Crippen molar-refractivity contribution < 1.29 is 18.4 Å². The third-order valence-corrected chi connectivity index (χ3v) is 2.71. The smallest absolute Gasteiger partial charge is 0.160 e. The topological polar surface area (TPSA) is 47.7 Å². The second kappa shape index (κ2) is 5.39. The molecule has 0 atom stereocenters. The number of rotatable bonds is 3. The van der Waals surface area contributed by atoms with Gasteiger partial charge in [-0.05, 0) is 6.07 Å². The molecule has 6 heteroatoms. The summed E-state index contributed by atoms with van der Waals surface area (Å²) in [6, 6.07) is 2.29. The highest BCUT2D eigenvalue weighted by Crippen LogP contribution is 2.25. The lowest BCUT2D eigenvalue weighted by molar-refractivity contribution is 0.118. The molecule has 17 heavy (non-hydrogen) atoms. The van der Waals surface area contributed by atoms with Crippen LogP contribution in [0.3, 0.4) is 0 Å². The third kappa shape index (κ3) is 2.71. The number of benzene rings is 1. The molecule has 0 radical (unpaired) electrons. The highest BCUT2D eigenvalue weighted by molar-refractivity contribution is 5.54. The van der Waals surface area contributed by atoms with E-state index in [-0.39, 0.29) is 6.61 Å². The Balaban J connectivity index is 2.32. The maximum Gasteiger partial charge on any atom is 0.160 e. The lowest BCUT2D eigenvalue weighted by Crippen LogP contribution is -2.37. The highest BCUT2D eigenvalue weighted by Gasteiger charge is 2.17. The van der Waals surface area contributed by atoms with E-state index in [9.17, 15) is 8.78 Å². The van der Waals surface area contributed by atoms with E-state index in [1.807, 2.05) is 4.90 Å². The summed E-state index contributed by atoms with van der Waals surface area (Å²) in [4.78, 5) is 6.44. The Labute approximate surface area is 97.9 Å². The van der Waals surface area contributed by atoms with E-state index in [0.717, 1.165) is 6.07 Å². The predicted molar refractivity (Wildman–Crippen MR) is 58.4 cm³/mol. The van der Waals surface area contributed by atoms with Gasteiger partial charge in [-0.3, -0.25) is 4.84 Å². The van der Waals surface area contributed by atoms with Crippen molar-refractivity contribution >= 4 is 5.69 Å². The largest absolute Gasteiger partial charge is 0.378 e. The van der Waals surface area contributed by atoms with Crippen LogP contribution in [0.4, 0.5) is 14.5 Å². The van der Waals surface area contributed by atoms with Gasteiger partial charge in [-0.15, -0.1) is 0 Å². The van der Waals surface area contributed by atoms with E-state index in [0.29, 0.717) is 37.6 Å². The summed E-state index contributed by atoms with van der Waals surface area (Å²) in [6.45, 7) is 2.47. The van der Waals surface area contributed by atoms with Gasteiger partial charge in [0, 0.05) is 30.4 Å². The second-order valence-corrected chi connectivity index (χ2v) is 3.81.